The Bertz CT molecular complexity index is 432. The fourth-order valence-corrected chi connectivity index (χ4v) is 2.83. The molecule has 2 atom stereocenters. The van der Waals surface area contributed by atoms with E-state index in [0.29, 0.717) is 26.0 Å². The first-order valence-electron chi connectivity index (χ1n) is 7.16. The maximum absolute atomic E-state index is 12.2. The highest BCUT2D eigenvalue weighted by atomic mass is 35.5. The van der Waals surface area contributed by atoms with Crippen LogP contribution >= 0.6 is 11.6 Å². The number of piperidine rings is 1. The Kier molecular flexibility index (Phi) is 5.27. The van der Waals surface area contributed by atoms with Gasteiger partial charge in [0.1, 0.15) is 12.7 Å². The molecule has 2 fully saturated rings. The SMILES string of the molecule is CCCOC(=O)N1CC(Cl)CCC1N1CC(=O)NCC1=O. The molecular formula is C13H20ClN3O4. The van der Waals surface area contributed by atoms with Crippen LogP contribution < -0.4 is 5.32 Å². The Labute approximate surface area is 128 Å². The monoisotopic (exact) mass is 317 g/mol. The zero-order valence-corrected chi connectivity index (χ0v) is 12.8. The highest BCUT2D eigenvalue weighted by Gasteiger charge is 2.39. The fourth-order valence-electron chi connectivity index (χ4n) is 2.55. The Hall–Kier alpha value is -1.50. The van der Waals surface area contributed by atoms with Crippen molar-refractivity contribution in [2.45, 2.75) is 37.7 Å². The van der Waals surface area contributed by atoms with Crippen molar-refractivity contribution in [3.63, 3.8) is 0 Å². The minimum Gasteiger partial charge on any atom is -0.449 e. The van der Waals surface area contributed by atoms with E-state index in [1.807, 2.05) is 6.92 Å². The number of alkyl halides is 1. The van der Waals surface area contributed by atoms with Gasteiger partial charge in [-0.3, -0.25) is 14.5 Å². The summed E-state index contributed by atoms with van der Waals surface area (Å²) in [4.78, 5) is 38.6. The van der Waals surface area contributed by atoms with E-state index in [4.69, 9.17) is 16.3 Å². The molecule has 2 aliphatic rings. The van der Waals surface area contributed by atoms with Gasteiger partial charge in [-0.2, -0.15) is 0 Å². The number of hydrogen-bond acceptors (Lipinski definition) is 4. The van der Waals surface area contributed by atoms with Gasteiger partial charge in [-0.05, 0) is 19.3 Å². The Morgan fingerprint density at radius 2 is 2.19 bits per heavy atom. The van der Waals surface area contributed by atoms with Crippen LogP contribution in [0.3, 0.4) is 0 Å². The van der Waals surface area contributed by atoms with Crippen LogP contribution in [-0.4, -0.2) is 65.5 Å². The van der Waals surface area contributed by atoms with Gasteiger partial charge in [-0.1, -0.05) is 6.92 Å². The van der Waals surface area contributed by atoms with Crippen LogP contribution in [0.15, 0.2) is 0 Å². The van der Waals surface area contributed by atoms with Crippen molar-refractivity contribution in [1.82, 2.24) is 15.1 Å². The summed E-state index contributed by atoms with van der Waals surface area (Å²) in [6.45, 7) is 2.49. The molecule has 0 aromatic heterocycles. The zero-order chi connectivity index (χ0) is 15.4. The molecule has 7 nitrogen and oxygen atoms in total. The van der Waals surface area contributed by atoms with Gasteiger partial charge in [0.05, 0.1) is 18.5 Å². The van der Waals surface area contributed by atoms with Crippen LogP contribution in [0, 0.1) is 0 Å². The van der Waals surface area contributed by atoms with E-state index in [-0.39, 0.29) is 30.3 Å². The molecule has 2 rings (SSSR count). The van der Waals surface area contributed by atoms with E-state index in [1.165, 1.54) is 9.80 Å². The second-order valence-corrected chi connectivity index (χ2v) is 5.84. The minimum atomic E-state index is -0.481. The number of ether oxygens (including phenoxy) is 1. The van der Waals surface area contributed by atoms with Gasteiger partial charge in [0.15, 0.2) is 0 Å². The molecule has 118 valence electrons. The first-order chi connectivity index (χ1) is 10.0. The normalized spacial score (nSPS) is 26.6. The smallest absolute Gasteiger partial charge is 0.411 e. The molecule has 0 aromatic carbocycles. The molecule has 0 spiro atoms. The lowest BCUT2D eigenvalue weighted by Gasteiger charge is -2.44. The number of piperazine rings is 1. The Morgan fingerprint density at radius 3 is 2.90 bits per heavy atom. The molecular weight excluding hydrogens is 298 g/mol. The first-order valence-corrected chi connectivity index (χ1v) is 7.60. The van der Waals surface area contributed by atoms with E-state index in [2.05, 4.69) is 5.32 Å². The summed E-state index contributed by atoms with van der Waals surface area (Å²) < 4.78 is 5.15. The van der Waals surface area contributed by atoms with Gasteiger partial charge >= 0.3 is 6.09 Å². The summed E-state index contributed by atoms with van der Waals surface area (Å²) in [5.41, 5.74) is 0. The van der Waals surface area contributed by atoms with Crippen LogP contribution in [0.1, 0.15) is 26.2 Å². The summed E-state index contributed by atoms with van der Waals surface area (Å²) in [5.74, 6) is -0.412. The number of carbonyl (C=O) groups is 3. The molecule has 0 aromatic rings. The van der Waals surface area contributed by atoms with Gasteiger partial charge in [0, 0.05) is 6.54 Å². The number of hydrogen-bond donors (Lipinski definition) is 1. The van der Waals surface area contributed by atoms with Gasteiger partial charge < -0.3 is 15.0 Å². The summed E-state index contributed by atoms with van der Waals surface area (Å²) in [7, 11) is 0. The van der Waals surface area contributed by atoms with Crippen LogP contribution in [-0.2, 0) is 14.3 Å². The van der Waals surface area contributed by atoms with E-state index in [1.54, 1.807) is 0 Å². The summed E-state index contributed by atoms with van der Waals surface area (Å²) in [6, 6.07) is 0. The van der Waals surface area contributed by atoms with Crippen LogP contribution in [0.2, 0.25) is 0 Å². The molecule has 2 saturated heterocycles. The predicted molar refractivity (Wildman–Crippen MR) is 75.7 cm³/mol. The second-order valence-electron chi connectivity index (χ2n) is 5.22. The van der Waals surface area contributed by atoms with Gasteiger partial charge in [-0.15, -0.1) is 11.6 Å². The number of amides is 3. The molecule has 8 heteroatoms. The van der Waals surface area contributed by atoms with Crippen molar-refractivity contribution in [1.29, 1.82) is 0 Å². The van der Waals surface area contributed by atoms with Crippen LogP contribution in [0.5, 0.6) is 0 Å². The number of nitrogens with zero attached hydrogens (tertiary/aromatic N) is 2. The van der Waals surface area contributed by atoms with Crippen molar-refractivity contribution in [2.75, 3.05) is 26.2 Å². The third kappa shape index (κ3) is 3.78. The minimum absolute atomic E-state index is 0.0303. The van der Waals surface area contributed by atoms with Crippen molar-refractivity contribution in [3.8, 4) is 0 Å². The largest absolute Gasteiger partial charge is 0.449 e. The maximum atomic E-state index is 12.2. The number of likely N-dealkylation sites (tertiary alicyclic amines) is 1. The van der Waals surface area contributed by atoms with Crippen LogP contribution in [0.25, 0.3) is 0 Å². The summed E-state index contributed by atoms with van der Waals surface area (Å²) in [6.07, 6.45) is 1.03. The highest BCUT2D eigenvalue weighted by molar-refractivity contribution is 6.20. The third-order valence-corrected chi connectivity index (χ3v) is 3.94. The van der Waals surface area contributed by atoms with Crippen LogP contribution in [0.4, 0.5) is 4.79 Å². The first kappa shape index (κ1) is 15.9. The lowest BCUT2D eigenvalue weighted by atomic mass is 10.1. The quantitative estimate of drug-likeness (QED) is 0.770. The predicted octanol–water partition coefficient (Wildman–Crippen LogP) is 0.521. The molecule has 3 amide bonds. The van der Waals surface area contributed by atoms with Gasteiger partial charge in [-0.25, -0.2) is 4.79 Å². The molecule has 21 heavy (non-hydrogen) atoms. The average molecular weight is 318 g/mol. The average Bonchev–Trinajstić information content (AvgIpc) is 2.47. The maximum Gasteiger partial charge on any atom is 0.411 e. The summed E-state index contributed by atoms with van der Waals surface area (Å²) in [5, 5.41) is 2.33. The van der Waals surface area contributed by atoms with Gasteiger partial charge in [0.25, 0.3) is 0 Å². The number of nitrogens with one attached hydrogen (secondary N) is 1. The van der Waals surface area contributed by atoms with E-state index in [0.717, 1.165) is 6.42 Å². The second kappa shape index (κ2) is 6.98. The highest BCUT2D eigenvalue weighted by Crippen LogP contribution is 2.25. The molecule has 0 aliphatic carbocycles. The number of rotatable bonds is 3. The molecule has 0 bridgehead atoms. The molecule has 2 unspecified atom stereocenters. The topological polar surface area (TPSA) is 79.0 Å². The summed E-state index contributed by atoms with van der Waals surface area (Å²) >= 11 is 6.13. The standard InChI is InChI=1S/C13H20ClN3O4/c1-2-5-21-13(20)17-7-9(14)3-4-11(17)16-8-10(18)15-6-12(16)19/h9,11H,2-8H2,1H3,(H,15,18). The van der Waals surface area contributed by atoms with Crippen molar-refractivity contribution < 1.29 is 19.1 Å². The van der Waals surface area contributed by atoms with Crippen molar-refractivity contribution >= 4 is 29.5 Å². The lowest BCUT2D eigenvalue weighted by molar-refractivity contribution is -0.147. The van der Waals surface area contributed by atoms with E-state index >= 15 is 0 Å². The van der Waals surface area contributed by atoms with E-state index < -0.39 is 12.3 Å². The zero-order valence-electron chi connectivity index (χ0n) is 12.0. The third-order valence-electron chi connectivity index (χ3n) is 3.59. The number of halogens is 1. The lowest BCUT2D eigenvalue weighted by Crippen LogP contribution is -2.63. The molecule has 1 N–H and O–H groups in total. The molecule has 0 radical (unpaired) electrons. The fraction of sp³-hybridized carbons (Fsp3) is 0.769. The molecule has 2 heterocycles. The Balaban J connectivity index is 2.11. The number of carbonyl (C=O) groups excluding carboxylic acids is 3. The van der Waals surface area contributed by atoms with E-state index in [9.17, 15) is 14.4 Å². The van der Waals surface area contributed by atoms with Gasteiger partial charge in [0.2, 0.25) is 11.8 Å². The molecule has 0 saturated carbocycles. The Morgan fingerprint density at radius 1 is 1.43 bits per heavy atom. The van der Waals surface area contributed by atoms with Crippen molar-refractivity contribution in [3.05, 3.63) is 0 Å². The molecule has 2 aliphatic heterocycles. The van der Waals surface area contributed by atoms with Crippen molar-refractivity contribution in [2.24, 2.45) is 0 Å².